The lowest BCUT2D eigenvalue weighted by Gasteiger charge is -2.26. The van der Waals surface area contributed by atoms with Crippen molar-refractivity contribution >= 4 is 56.1 Å². The minimum Gasteiger partial charge on any atom is -0.497 e. The second kappa shape index (κ2) is 11.2. The number of esters is 1. The third-order valence-electron chi connectivity index (χ3n) is 7.28. The summed E-state index contributed by atoms with van der Waals surface area (Å²) in [5.41, 5.74) is 3.33. The first kappa shape index (κ1) is 27.9. The van der Waals surface area contributed by atoms with Crippen molar-refractivity contribution in [1.82, 2.24) is 4.57 Å². The van der Waals surface area contributed by atoms with Crippen molar-refractivity contribution in [3.63, 3.8) is 0 Å². The van der Waals surface area contributed by atoms with Gasteiger partial charge in [-0.05, 0) is 49.7 Å². The number of amides is 1. The highest BCUT2D eigenvalue weighted by atomic mass is 79.9. The molecule has 1 aromatic heterocycles. The van der Waals surface area contributed by atoms with Gasteiger partial charge in [0.2, 0.25) is 0 Å². The molecule has 8 nitrogen and oxygen atoms in total. The van der Waals surface area contributed by atoms with Gasteiger partial charge >= 0.3 is 5.97 Å². The number of ether oxygens (including phenoxy) is 2. The fourth-order valence-electron chi connectivity index (χ4n) is 5.45. The maximum atomic E-state index is 14.4. The van der Waals surface area contributed by atoms with Gasteiger partial charge in [0.25, 0.3) is 11.5 Å². The highest BCUT2D eigenvalue weighted by Gasteiger charge is 2.38. The van der Waals surface area contributed by atoms with Crippen LogP contribution in [0.1, 0.15) is 36.6 Å². The summed E-state index contributed by atoms with van der Waals surface area (Å²) in [6, 6.07) is 21.3. The minimum absolute atomic E-state index is 0.150. The number of hydrogen-bond acceptors (Lipinski definition) is 7. The molecule has 0 saturated carbocycles. The number of carbonyl (C=O) groups is 2. The lowest BCUT2D eigenvalue weighted by Crippen LogP contribution is -2.41. The number of hydrogen-bond donors (Lipinski definition) is 0. The molecule has 3 heterocycles. The Hall–Kier alpha value is -4.28. The molecular weight excluding hydrogens is 618 g/mol. The van der Waals surface area contributed by atoms with Crippen molar-refractivity contribution in [3.05, 3.63) is 119 Å². The first-order valence-electron chi connectivity index (χ1n) is 13.4. The first-order chi connectivity index (χ1) is 20.4. The molecule has 42 heavy (non-hydrogen) atoms. The van der Waals surface area contributed by atoms with Gasteiger partial charge < -0.3 is 14.4 Å². The number of fused-ring (bicyclic) bond motifs is 2. The first-order valence-corrected chi connectivity index (χ1v) is 15.1. The molecule has 1 amide bonds. The topological polar surface area (TPSA) is 90.2 Å². The van der Waals surface area contributed by atoms with E-state index in [-0.39, 0.29) is 22.6 Å². The number of thiazole rings is 1. The molecule has 4 aromatic rings. The number of nitrogens with zero attached hydrogens (tertiary/aromatic N) is 3. The van der Waals surface area contributed by atoms with Gasteiger partial charge in [-0.1, -0.05) is 69.7 Å². The van der Waals surface area contributed by atoms with Gasteiger partial charge in [0.05, 0.1) is 42.3 Å². The molecule has 0 fully saturated rings. The summed E-state index contributed by atoms with van der Waals surface area (Å²) in [7, 11) is 1.56. The monoisotopic (exact) mass is 643 g/mol. The SMILES string of the molecule is CCOC(=O)C1=C(c2ccccc2)N=c2s/c(=C3/C(=O)N(CC)c4ccc(Br)cc43)c(=O)n2[C@H]1c1cccc(OC)c1. The molecule has 212 valence electrons. The van der Waals surface area contributed by atoms with Crippen LogP contribution < -0.4 is 24.5 Å². The van der Waals surface area contributed by atoms with E-state index in [0.29, 0.717) is 45.1 Å². The van der Waals surface area contributed by atoms with E-state index in [2.05, 4.69) is 15.9 Å². The van der Waals surface area contributed by atoms with Crippen molar-refractivity contribution in [3.8, 4) is 5.75 Å². The van der Waals surface area contributed by atoms with E-state index in [1.807, 2.05) is 67.6 Å². The zero-order chi connectivity index (χ0) is 29.5. The Morgan fingerprint density at radius 3 is 2.52 bits per heavy atom. The van der Waals surface area contributed by atoms with Crippen molar-refractivity contribution in [2.24, 2.45) is 4.99 Å². The van der Waals surface area contributed by atoms with Crippen LogP contribution in [0.25, 0.3) is 11.3 Å². The summed E-state index contributed by atoms with van der Waals surface area (Å²) in [5, 5.41) is 0. The molecule has 0 bridgehead atoms. The van der Waals surface area contributed by atoms with Gasteiger partial charge in [-0.15, -0.1) is 0 Å². The van der Waals surface area contributed by atoms with Crippen molar-refractivity contribution in [2.75, 3.05) is 25.2 Å². The van der Waals surface area contributed by atoms with Gasteiger partial charge in [-0.3, -0.25) is 14.2 Å². The summed E-state index contributed by atoms with van der Waals surface area (Å²) in [4.78, 5) is 48.8. The summed E-state index contributed by atoms with van der Waals surface area (Å²) in [6.45, 7) is 4.23. The molecule has 3 aromatic carbocycles. The van der Waals surface area contributed by atoms with E-state index in [1.54, 1.807) is 31.1 Å². The van der Waals surface area contributed by atoms with Gasteiger partial charge in [0.15, 0.2) is 4.80 Å². The Morgan fingerprint density at radius 1 is 1.02 bits per heavy atom. The van der Waals surface area contributed by atoms with Gasteiger partial charge in [-0.2, -0.15) is 0 Å². The maximum Gasteiger partial charge on any atom is 0.338 e. The van der Waals surface area contributed by atoms with Crippen molar-refractivity contribution in [2.45, 2.75) is 19.9 Å². The Labute approximate surface area is 254 Å². The Balaban J connectivity index is 1.73. The van der Waals surface area contributed by atoms with E-state index in [0.717, 1.165) is 21.5 Å². The Bertz CT molecular complexity index is 1960. The number of benzene rings is 3. The zero-order valence-electron chi connectivity index (χ0n) is 23.1. The van der Waals surface area contributed by atoms with Crippen LogP contribution in [-0.4, -0.2) is 36.7 Å². The van der Waals surface area contributed by atoms with Crippen LogP contribution in [-0.2, 0) is 14.3 Å². The summed E-state index contributed by atoms with van der Waals surface area (Å²) in [6.07, 6.45) is 0. The molecule has 6 rings (SSSR count). The average Bonchev–Trinajstić information content (AvgIpc) is 3.47. The predicted molar refractivity (Wildman–Crippen MR) is 165 cm³/mol. The zero-order valence-corrected chi connectivity index (χ0v) is 25.5. The molecular formula is C32H26BrN3O5S. The van der Waals surface area contributed by atoms with Crippen LogP contribution >= 0.6 is 27.3 Å². The van der Waals surface area contributed by atoms with Gasteiger partial charge in [0, 0.05) is 22.1 Å². The Morgan fingerprint density at radius 2 is 1.81 bits per heavy atom. The van der Waals surface area contributed by atoms with Crippen LogP contribution in [0.4, 0.5) is 5.69 Å². The maximum absolute atomic E-state index is 14.4. The highest BCUT2D eigenvalue weighted by Crippen LogP contribution is 2.38. The molecule has 10 heteroatoms. The highest BCUT2D eigenvalue weighted by molar-refractivity contribution is 9.10. The van der Waals surface area contributed by atoms with Crippen LogP contribution in [0.2, 0.25) is 0 Å². The van der Waals surface area contributed by atoms with Crippen LogP contribution in [0, 0.1) is 0 Å². The average molecular weight is 645 g/mol. The standard InChI is InChI=1S/C32H26BrN3O5S/c1-4-35-23-15-14-20(33)17-22(23)24(29(35)37)28-30(38)36-27(19-12-9-13-21(16-19)40-3)25(31(39)41-5-2)26(34-32(36)42-28)18-10-7-6-8-11-18/h6-17,27H,4-5H2,1-3H3/b28-24+/t27-/m0/s1. The van der Waals surface area contributed by atoms with Crippen LogP contribution in [0.5, 0.6) is 5.75 Å². The molecule has 2 aliphatic heterocycles. The number of aromatic nitrogens is 1. The van der Waals surface area contributed by atoms with Crippen molar-refractivity contribution in [1.29, 1.82) is 0 Å². The van der Waals surface area contributed by atoms with E-state index in [4.69, 9.17) is 14.5 Å². The predicted octanol–water partition coefficient (Wildman–Crippen LogP) is 4.44. The molecule has 0 N–H and O–H groups in total. The number of halogens is 1. The third-order valence-corrected chi connectivity index (χ3v) is 8.83. The second-order valence-corrected chi connectivity index (χ2v) is 11.5. The van der Waals surface area contributed by atoms with Crippen molar-refractivity contribution < 1.29 is 19.1 Å². The lowest BCUT2D eigenvalue weighted by molar-refractivity contribution is -0.138. The van der Waals surface area contributed by atoms with E-state index in [9.17, 15) is 14.4 Å². The van der Waals surface area contributed by atoms with E-state index in [1.165, 1.54) is 4.57 Å². The quantitative estimate of drug-likeness (QED) is 0.290. The number of anilines is 1. The van der Waals surface area contributed by atoms with E-state index < -0.39 is 17.6 Å². The van der Waals surface area contributed by atoms with E-state index >= 15 is 0 Å². The van der Waals surface area contributed by atoms with Gasteiger partial charge in [-0.25, -0.2) is 9.79 Å². The Kier molecular flexibility index (Phi) is 7.42. The number of likely N-dealkylation sites (N-methyl/N-ethyl adjacent to an activating group) is 1. The van der Waals surface area contributed by atoms with Gasteiger partial charge in [0.1, 0.15) is 10.3 Å². The number of rotatable bonds is 6. The largest absolute Gasteiger partial charge is 0.497 e. The summed E-state index contributed by atoms with van der Waals surface area (Å²) >= 11 is 4.66. The second-order valence-electron chi connectivity index (χ2n) is 9.61. The molecule has 0 aliphatic carbocycles. The summed E-state index contributed by atoms with van der Waals surface area (Å²) in [5.74, 6) is -0.252. The molecule has 0 saturated heterocycles. The fraction of sp³-hybridized carbons (Fsp3) is 0.188. The van der Waals surface area contributed by atoms with Crippen LogP contribution in [0.15, 0.2) is 92.6 Å². The van der Waals surface area contributed by atoms with Crippen LogP contribution in [0.3, 0.4) is 0 Å². The molecule has 0 spiro atoms. The smallest absolute Gasteiger partial charge is 0.338 e. The third kappa shape index (κ3) is 4.51. The molecule has 1 atom stereocenters. The molecule has 2 aliphatic rings. The normalized spacial score (nSPS) is 17.1. The molecule has 0 unspecified atom stereocenters. The number of carbonyl (C=O) groups excluding carboxylic acids is 2. The minimum atomic E-state index is -0.874. The number of methoxy groups -OCH3 is 1. The fourth-order valence-corrected chi connectivity index (χ4v) is 6.91. The molecule has 0 radical (unpaired) electrons. The summed E-state index contributed by atoms with van der Waals surface area (Å²) < 4.78 is 13.6. The lowest BCUT2D eigenvalue weighted by atomic mass is 9.93.